The Labute approximate surface area is 138 Å². The van der Waals surface area contributed by atoms with Crippen LogP contribution in [0.15, 0.2) is 18.3 Å². The minimum Gasteiger partial charge on any atom is -0.376 e. The maximum atomic E-state index is 11.9. The van der Waals surface area contributed by atoms with E-state index < -0.39 is 0 Å². The Morgan fingerprint density at radius 1 is 1.43 bits per heavy atom. The molecule has 2 rings (SSSR count). The summed E-state index contributed by atoms with van der Waals surface area (Å²) in [5, 5.41) is 5.81. The fraction of sp³-hybridized carbons (Fsp3) is 0.647. The number of hydrogen-bond acceptors (Lipinski definition) is 4. The average Bonchev–Trinajstić information content (AvgIpc) is 3.10. The van der Waals surface area contributed by atoms with Crippen LogP contribution in [0, 0.1) is 0 Å². The molecule has 2 heterocycles. The standard InChI is InChI=1S/C17H28N4O2/c1-4-21(5-2)16-9-8-14(11-18-16)12-19-17(22)20-13(3)15-7-6-10-23-15/h8-9,11,13,15H,4-7,10,12H2,1-3H3,(H2,19,20,22)/t13-,15-/m0/s1. The molecule has 1 saturated heterocycles. The Balaban J connectivity index is 1.77. The maximum absolute atomic E-state index is 11.9. The normalized spacial score (nSPS) is 18.5. The largest absolute Gasteiger partial charge is 0.376 e. The number of pyridine rings is 1. The van der Waals surface area contributed by atoms with Crippen molar-refractivity contribution < 1.29 is 9.53 Å². The van der Waals surface area contributed by atoms with E-state index in [2.05, 4.69) is 34.4 Å². The zero-order chi connectivity index (χ0) is 16.7. The Morgan fingerprint density at radius 2 is 2.22 bits per heavy atom. The molecule has 6 heteroatoms. The van der Waals surface area contributed by atoms with Gasteiger partial charge in [0.2, 0.25) is 0 Å². The first-order valence-corrected chi connectivity index (χ1v) is 8.49. The smallest absolute Gasteiger partial charge is 0.315 e. The highest BCUT2D eigenvalue weighted by Crippen LogP contribution is 2.15. The van der Waals surface area contributed by atoms with Gasteiger partial charge < -0.3 is 20.3 Å². The molecular formula is C17H28N4O2. The van der Waals surface area contributed by atoms with Crippen molar-refractivity contribution in [2.24, 2.45) is 0 Å². The van der Waals surface area contributed by atoms with Crippen molar-refractivity contribution in [1.82, 2.24) is 15.6 Å². The molecule has 0 bridgehead atoms. The number of hydrogen-bond donors (Lipinski definition) is 2. The lowest BCUT2D eigenvalue weighted by Crippen LogP contribution is -2.45. The van der Waals surface area contributed by atoms with Crippen LogP contribution in [0.3, 0.4) is 0 Å². The third kappa shape index (κ3) is 5.10. The summed E-state index contributed by atoms with van der Waals surface area (Å²) in [5.74, 6) is 0.968. The second-order valence-electron chi connectivity index (χ2n) is 5.86. The van der Waals surface area contributed by atoms with Gasteiger partial charge in [0.05, 0.1) is 12.1 Å². The van der Waals surface area contributed by atoms with Crippen LogP contribution in [-0.4, -0.2) is 42.9 Å². The van der Waals surface area contributed by atoms with Gasteiger partial charge in [-0.3, -0.25) is 0 Å². The monoisotopic (exact) mass is 320 g/mol. The van der Waals surface area contributed by atoms with E-state index in [9.17, 15) is 4.79 Å². The number of carbonyl (C=O) groups excluding carboxylic acids is 1. The van der Waals surface area contributed by atoms with E-state index in [-0.39, 0.29) is 18.2 Å². The predicted molar refractivity (Wildman–Crippen MR) is 91.6 cm³/mol. The first-order chi connectivity index (χ1) is 11.1. The molecular weight excluding hydrogens is 292 g/mol. The fourth-order valence-corrected chi connectivity index (χ4v) is 2.79. The van der Waals surface area contributed by atoms with Crippen molar-refractivity contribution in [1.29, 1.82) is 0 Å². The molecule has 23 heavy (non-hydrogen) atoms. The van der Waals surface area contributed by atoms with Crippen molar-refractivity contribution in [3.05, 3.63) is 23.9 Å². The second kappa shape index (κ2) is 8.72. The number of carbonyl (C=O) groups is 1. The van der Waals surface area contributed by atoms with Crippen LogP contribution >= 0.6 is 0 Å². The summed E-state index contributed by atoms with van der Waals surface area (Å²) >= 11 is 0. The van der Waals surface area contributed by atoms with E-state index in [4.69, 9.17) is 4.74 Å². The number of nitrogens with zero attached hydrogens (tertiary/aromatic N) is 2. The number of aromatic nitrogens is 1. The lowest BCUT2D eigenvalue weighted by molar-refractivity contribution is 0.0860. The molecule has 0 radical (unpaired) electrons. The van der Waals surface area contributed by atoms with Crippen LogP contribution < -0.4 is 15.5 Å². The zero-order valence-corrected chi connectivity index (χ0v) is 14.3. The lowest BCUT2D eigenvalue weighted by Gasteiger charge is -2.21. The maximum Gasteiger partial charge on any atom is 0.315 e. The van der Waals surface area contributed by atoms with Crippen LogP contribution in [0.1, 0.15) is 39.2 Å². The van der Waals surface area contributed by atoms with Crippen LogP contribution in [0.5, 0.6) is 0 Å². The third-order valence-electron chi connectivity index (χ3n) is 4.23. The third-order valence-corrected chi connectivity index (χ3v) is 4.23. The number of nitrogens with one attached hydrogen (secondary N) is 2. The van der Waals surface area contributed by atoms with Gasteiger partial charge >= 0.3 is 6.03 Å². The summed E-state index contributed by atoms with van der Waals surface area (Å²) < 4.78 is 5.58. The van der Waals surface area contributed by atoms with Gasteiger partial charge in [0, 0.05) is 32.4 Å². The van der Waals surface area contributed by atoms with E-state index in [1.165, 1.54) is 0 Å². The Hall–Kier alpha value is -1.82. The summed E-state index contributed by atoms with van der Waals surface area (Å²) in [4.78, 5) is 18.6. The molecule has 0 aliphatic carbocycles. The van der Waals surface area contributed by atoms with Gasteiger partial charge in [-0.25, -0.2) is 9.78 Å². The van der Waals surface area contributed by atoms with Gasteiger partial charge in [0.1, 0.15) is 5.82 Å². The van der Waals surface area contributed by atoms with Crippen LogP contribution in [0.25, 0.3) is 0 Å². The topological polar surface area (TPSA) is 66.5 Å². The minimum absolute atomic E-state index is 0.0284. The SMILES string of the molecule is CCN(CC)c1ccc(CNC(=O)N[C@@H](C)[C@@H]2CCCO2)cn1. The van der Waals surface area contributed by atoms with Gasteiger partial charge in [-0.15, -0.1) is 0 Å². The van der Waals surface area contributed by atoms with Crippen molar-refractivity contribution in [3.8, 4) is 0 Å². The molecule has 0 spiro atoms. The summed E-state index contributed by atoms with van der Waals surface area (Å²) in [5.41, 5.74) is 0.987. The molecule has 128 valence electrons. The Bertz CT molecular complexity index is 482. The van der Waals surface area contributed by atoms with Crippen molar-refractivity contribution in [3.63, 3.8) is 0 Å². The van der Waals surface area contributed by atoms with E-state index in [1.54, 1.807) is 0 Å². The molecule has 0 unspecified atom stereocenters. The quantitative estimate of drug-likeness (QED) is 0.809. The van der Waals surface area contributed by atoms with Gasteiger partial charge in [0.15, 0.2) is 0 Å². The number of amides is 2. The molecule has 1 aliphatic heterocycles. The molecule has 1 aromatic rings. The average molecular weight is 320 g/mol. The number of anilines is 1. The lowest BCUT2D eigenvalue weighted by atomic mass is 10.1. The van der Waals surface area contributed by atoms with Crippen molar-refractivity contribution in [2.75, 3.05) is 24.6 Å². The molecule has 2 atom stereocenters. The number of rotatable bonds is 7. The zero-order valence-electron chi connectivity index (χ0n) is 14.3. The number of urea groups is 1. The highest BCUT2D eigenvalue weighted by Gasteiger charge is 2.23. The molecule has 2 N–H and O–H groups in total. The highest BCUT2D eigenvalue weighted by atomic mass is 16.5. The van der Waals surface area contributed by atoms with Crippen molar-refractivity contribution in [2.45, 2.75) is 52.3 Å². The molecule has 2 amide bonds. The van der Waals surface area contributed by atoms with Gasteiger partial charge in [-0.05, 0) is 45.2 Å². The molecule has 1 aromatic heterocycles. The first kappa shape index (κ1) is 17.5. The second-order valence-corrected chi connectivity index (χ2v) is 5.86. The molecule has 0 saturated carbocycles. The molecule has 1 aliphatic rings. The van der Waals surface area contributed by atoms with E-state index in [0.717, 1.165) is 43.9 Å². The first-order valence-electron chi connectivity index (χ1n) is 8.49. The predicted octanol–water partition coefficient (Wildman–Crippen LogP) is 2.29. The van der Waals surface area contributed by atoms with Crippen molar-refractivity contribution >= 4 is 11.8 Å². The fourth-order valence-electron chi connectivity index (χ4n) is 2.79. The molecule has 1 fully saturated rings. The summed E-state index contributed by atoms with van der Waals surface area (Å²) in [6, 6.07) is 3.86. The van der Waals surface area contributed by atoms with Gasteiger partial charge in [0.25, 0.3) is 0 Å². The molecule has 0 aromatic carbocycles. The van der Waals surface area contributed by atoms with E-state index in [1.807, 2.05) is 25.3 Å². The summed E-state index contributed by atoms with van der Waals surface area (Å²) in [6.45, 7) is 9.34. The number of ether oxygens (including phenoxy) is 1. The van der Waals surface area contributed by atoms with Crippen LogP contribution in [0.2, 0.25) is 0 Å². The Kier molecular flexibility index (Phi) is 6.65. The highest BCUT2D eigenvalue weighted by molar-refractivity contribution is 5.74. The summed E-state index contributed by atoms with van der Waals surface area (Å²) in [7, 11) is 0. The molecule has 6 nitrogen and oxygen atoms in total. The van der Waals surface area contributed by atoms with Gasteiger partial charge in [-0.1, -0.05) is 6.07 Å². The van der Waals surface area contributed by atoms with E-state index >= 15 is 0 Å². The van der Waals surface area contributed by atoms with Gasteiger partial charge in [-0.2, -0.15) is 0 Å². The summed E-state index contributed by atoms with van der Waals surface area (Å²) in [6.07, 6.45) is 4.04. The van der Waals surface area contributed by atoms with Crippen LogP contribution in [-0.2, 0) is 11.3 Å². The Morgan fingerprint density at radius 3 is 2.78 bits per heavy atom. The van der Waals surface area contributed by atoms with E-state index in [0.29, 0.717) is 6.54 Å². The van der Waals surface area contributed by atoms with Crippen LogP contribution in [0.4, 0.5) is 10.6 Å². The minimum atomic E-state index is -0.166.